The minimum absolute atomic E-state index is 0.0535. The Kier molecular flexibility index (Phi) is 12.2. The van der Waals surface area contributed by atoms with Crippen molar-refractivity contribution in [3.05, 3.63) is 32.6 Å². The summed E-state index contributed by atoms with van der Waals surface area (Å²) in [4.78, 5) is 52.8. The van der Waals surface area contributed by atoms with Crippen LogP contribution in [0.3, 0.4) is 0 Å². The second kappa shape index (κ2) is 14.8. The Morgan fingerprint density at radius 2 is 1.58 bits per heavy atom. The highest BCUT2D eigenvalue weighted by molar-refractivity contribution is 6.81. The topological polar surface area (TPSA) is 144 Å². The quantitative estimate of drug-likeness (QED) is 0.257. The van der Waals surface area contributed by atoms with Crippen molar-refractivity contribution in [2.24, 2.45) is 5.41 Å². The monoisotopic (exact) mass is 643 g/mol. The Balaban J connectivity index is 2.08. The molecule has 2 aliphatic heterocycles. The number of aromatic amines is 1. The second-order valence-corrected chi connectivity index (χ2v) is 19.6. The lowest BCUT2D eigenvalue weighted by molar-refractivity contribution is -0.157. The van der Waals surface area contributed by atoms with Gasteiger partial charge >= 0.3 is 34.8 Å². The van der Waals surface area contributed by atoms with E-state index in [1.165, 1.54) is 13.1 Å². The summed E-state index contributed by atoms with van der Waals surface area (Å²) in [6, 6.07) is 3.16. The zero-order valence-electron chi connectivity index (χ0n) is 27.0. The van der Waals surface area contributed by atoms with E-state index < -0.39 is 76.9 Å². The third-order valence-corrected chi connectivity index (χ3v) is 17.1. The molecule has 4 atom stereocenters. The van der Waals surface area contributed by atoms with E-state index in [9.17, 15) is 19.2 Å². The maximum atomic E-state index is 13.2. The van der Waals surface area contributed by atoms with Gasteiger partial charge in [-0.3, -0.25) is 23.9 Å². The van der Waals surface area contributed by atoms with Crippen molar-refractivity contribution in [3.8, 4) is 0 Å². The molecular weight excluding hydrogens is 593 g/mol. The lowest BCUT2D eigenvalue weighted by Gasteiger charge is -2.45. The van der Waals surface area contributed by atoms with Crippen molar-refractivity contribution in [2.45, 2.75) is 136 Å². The Morgan fingerprint density at radius 1 is 1.00 bits per heavy atom. The summed E-state index contributed by atoms with van der Waals surface area (Å²) in [7, 11) is -5.56. The zero-order valence-corrected chi connectivity index (χ0v) is 29.0. The van der Waals surface area contributed by atoms with Gasteiger partial charge in [-0.15, -0.1) is 0 Å². The second-order valence-electron chi connectivity index (χ2n) is 12.6. The van der Waals surface area contributed by atoms with Crippen molar-refractivity contribution in [1.29, 1.82) is 0 Å². The predicted molar refractivity (Wildman–Crippen MR) is 164 cm³/mol. The molecule has 0 spiro atoms. The smallest absolute Gasteiger partial charge is 0.331 e. The number of H-pyrrole nitrogens is 1. The summed E-state index contributed by atoms with van der Waals surface area (Å²) in [5, 5.41) is 0. The minimum Gasteiger partial charge on any atom is -0.457 e. The standard InChI is InChI=1S/C29H50N2O10Si2/c1-9-13-42(14-10-2)37-18-22-24(40-43(41-42,15-11-3)16-12-4)25(38-20(5)32)23(39-22)21-17-31(28(35)30-26(21)33)19-36-27(34)29(6,7)8/h17,22-25H,9-16,18-19H2,1-8H3,(H,30,33,35)/t22-,23+,24-,25+/m1/s1/i30+1. The van der Waals surface area contributed by atoms with Gasteiger partial charge in [0, 0.05) is 13.1 Å². The molecule has 1 aromatic rings. The highest BCUT2D eigenvalue weighted by Gasteiger charge is 2.58. The van der Waals surface area contributed by atoms with E-state index in [1.807, 2.05) is 0 Å². The lowest BCUT2D eigenvalue weighted by atomic mass is 9.98. The first-order chi connectivity index (χ1) is 20.2. The van der Waals surface area contributed by atoms with Crippen molar-refractivity contribution in [3.63, 3.8) is 0 Å². The van der Waals surface area contributed by atoms with Gasteiger partial charge in [0.05, 0.1) is 17.6 Å². The number of fused-ring (bicyclic) bond motifs is 1. The van der Waals surface area contributed by atoms with Gasteiger partial charge in [0.1, 0.15) is 18.3 Å². The molecule has 14 heteroatoms. The number of carbonyl (C=O) groups is 2. The third kappa shape index (κ3) is 8.54. The molecule has 0 unspecified atom stereocenters. The van der Waals surface area contributed by atoms with Crippen LogP contribution in [0.1, 0.15) is 92.7 Å². The Bertz CT molecular complexity index is 1210. The van der Waals surface area contributed by atoms with E-state index >= 15 is 0 Å². The molecule has 0 amide bonds. The molecule has 3 heterocycles. The summed E-state index contributed by atoms with van der Waals surface area (Å²) >= 11 is 0. The molecule has 2 saturated heterocycles. The van der Waals surface area contributed by atoms with Gasteiger partial charge in [-0.05, 0) is 44.9 Å². The van der Waals surface area contributed by atoms with Gasteiger partial charge in [0.25, 0.3) is 5.56 Å². The molecule has 2 aliphatic rings. The summed E-state index contributed by atoms with van der Waals surface area (Å²) < 4.78 is 39.6. The normalized spacial score (nSPS) is 24.9. The maximum absolute atomic E-state index is 13.2. The zero-order chi connectivity index (χ0) is 32.0. The van der Waals surface area contributed by atoms with Gasteiger partial charge in [-0.2, -0.15) is 0 Å². The first-order valence-corrected chi connectivity index (χ1v) is 20.0. The largest absolute Gasteiger partial charge is 0.457 e. The fraction of sp³-hybridized carbons (Fsp3) is 0.793. The van der Waals surface area contributed by atoms with E-state index in [2.05, 4.69) is 32.7 Å². The van der Waals surface area contributed by atoms with E-state index in [1.54, 1.807) is 20.8 Å². The molecule has 1 aromatic heterocycles. The van der Waals surface area contributed by atoms with E-state index in [-0.39, 0.29) is 12.2 Å². The highest BCUT2D eigenvalue weighted by atomic mass is 28.5. The summed E-state index contributed by atoms with van der Waals surface area (Å²) in [6.07, 6.45) is 1.40. The van der Waals surface area contributed by atoms with Gasteiger partial charge in [0.15, 0.2) is 12.8 Å². The number of aromatic nitrogens is 2. The molecule has 0 radical (unpaired) electrons. The number of rotatable bonds is 12. The maximum Gasteiger partial charge on any atom is 0.331 e. The van der Waals surface area contributed by atoms with Crippen molar-refractivity contribution in [1.82, 2.24) is 9.55 Å². The van der Waals surface area contributed by atoms with Crippen LogP contribution in [-0.2, 0) is 43.5 Å². The summed E-state index contributed by atoms with van der Waals surface area (Å²) in [6.45, 7) is 14.6. The number of hydrogen-bond acceptors (Lipinski definition) is 10. The lowest BCUT2D eigenvalue weighted by Crippen LogP contribution is -2.61. The first kappa shape index (κ1) is 35.4. The molecule has 43 heavy (non-hydrogen) atoms. The summed E-state index contributed by atoms with van der Waals surface area (Å²) in [5.74, 6) is -1.07. The van der Waals surface area contributed by atoms with Crippen LogP contribution in [0.5, 0.6) is 0 Å². The van der Waals surface area contributed by atoms with Gasteiger partial charge in [-0.1, -0.05) is 53.4 Å². The Morgan fingerprint density at radius 3 is 2.12 bits per heavy atom. The van der Waals surface area contributed by atoms with E-state index in [0.29, 0.717) is 0 Å². The Labute approximate surface area is 256 Å². The molecular formula is C29H50N2O10Si2. The van der Waals surface area contributed by atoms with Crippen LogP contribution in [0, 0.1) is 5.41 Å². The number of carbonyl (C=O) groups excluding carboxylic acids is 2. The molecule has 244 valence electrons. The van der Waals surface area contributed by atoms with E-state index in [4.69, 9.17) is 27.2 Å². The molecule has 1 N–H and O–H groups in total. The Hall–Kier alpha value is -2.11. The van der Waals surface area contributed by atoms with Crippen LogP contribution in [0.25, 0.3) is 0 Å². The molecule has 3 rings (SSSR count). The number of nitrogens with zero attached hydrogens (tertiary/aromatic N) is 1. The molecule has 0 saturated carbocycles. The van der Waals surface area contributed by atoms with Crippen molar-refractivity contribution >= 4 is 29.1 Å². The molecule has 12 nitrogen and oxygen atoms in total. The number of hydrogen-bond donors (Lipinski definition) is 1. The molecule has 0 aromatic carbocycles. The fourth-order valence-corrected chi connectivity index (χ4v) is 16.0. The van der Waals surface area contributed by atoms with Crippen molar-refractivity contribution < 1.29 is 36.8 Å². The average molecular weight is 644 g/mol. The summed E-state index contributed by atoms with van der Waals surface area (Å²) in [5.41, 5.74) is -2.16. The van der Waals surface area contributed by atoms with Crippen LogP contribution in [0.4, 0.5) is 0 Å². The highest BCUT2D eigenvalue weighted by Crippen LogP contribution is 2.43. The first-order valence-electron chi connectivity index (χ1n) is 15.6. The number of esters is 2. The molecule has 0 bridgehead atoms. The van der Waals surface area contributed by atoms with Crippen molar-refractivity contribution in [2.75, 3.05) is 6.61 Å². The van der Waals surface area contributed by atoms with E-state index in [0.717, 1.165) is 54.4 Å². The van der Waals surface area contributed by atoms with Gasteiger partial charge in [0.2, 0.25) is 0 Å². The van der Waals surface area contributed by atoms with Gasteiger partial charge < -0.3 is 27.2 Å². The minimum atomic E-state index is -2.89. The molecule has 0 aliphatic carbocycles. The van der Waals surface area contributed by atoms with Crippen LogP contribution in [0.15, 0.2) is 15.8 Å². The SMILES string of the molecule is CCC[Si]1(CCC)OC[C@H]2O[C@@H](c3cn(COC(=O)C(C)(C)C)c(=O)[15nH]c3=O)[C@H](OC(C)=O)[C@@H]2O[Si](CCC)(CCC)O1. The predicted octanol–water partition coefficient (Wildman–Crippen LogP) is 4.41. The van der Waals surface area contributed by atoms with Crippen LogP contribution in [-0.4, -0.2) is 63.5 Å². The average Bonchev–Trinajstić information content (AvgIpc) is 3.21. The number of ether oxygens (including phenoxy) is 3. The van der Waals surface area contributed by atoms with Crippen LogP contribution in [0.2, 0.25) is 24.2 Å². The van der Waals surface area contributed by atoms with Crippen LogP contribution >= 0.6 is 0 Å². The third-order valence-electron chi connectivity index (χ3n) is 7.66. The number of nitrogens with one attached hydrogen (secondary N) is 1. The molecule has 2 fully saturated rings. The fourth-order valence-electron chi connectivity index (χ4n) is 5.86. The van der Waals surface area contributed by atoms with Gasteiger partial charge in [-0.25, -0.2) is 4.79 Å². The van der Waals surface area contributed by atoms with Crippen LogP contribution < -0.4 is 11.2 Å².